The van der Waals surface area contributed by atoms with Gasteiger partial charge in [-0.25, -0.2) is 8.42 Å². The molecule has 0 atom stereocenters. The molecule has 0 saturated carbocycles. The number of sulfone groups is 1. The molecule has 0 aromatic heterocycles. The first-order chi connectivity index (χ1) is 6.93. The Morgan fingerprint density at radius 1 is 1.27 bits per heavy atom. The van der Waals surface area contributed by atoms with Crippen molar-refractivity contribution >= 4 is 27.5 Å². The number of primary amides is 1. The number of hydrogen-bond acceptors (Lipinski definition) is 4. The summed E-state index contributed by atoms with van der Waals surface area (Å²) in [6.45, 7) is 0. The average molecular weight is 224 g/mol. The molecule has 0 spiro atoms. The fraction of sp³-hybridized carbons (Fsp3) is 0. The van der Waals surface area contributed by atoms with Gasteiger partial charge >= 0.3 is 0 Å². The summed E-state index contributed by atoms with van der Waals surface area (Å²) in [5, 5.41) is 0. The Bertz CT molecular complexity index is 587. The van der Waals surface area contributed by atoms with Gasteiger partial charge in [-0.15, -0.1) is 0 Å². The van der Waals surface area contributed by atoms with Crippen molar-refractivity contribution in [1.82, 2.24) is 0 Å². The molecule has 0 bridgehead atoms. The molecule has 0 aliphatic carbocycles. The van der Waals surface area contributed by atoms with E-state index >= 15 is 0 Å². The quantitative estimate of drug-likeness (QED) is 0.649. The molecule has 1 aromatic carbocycles. The molecule has 6 heteroatoms. The zero-order valence-electron chi connectivity index (χ0n) is 7.60. The largest absolute Gasteiger partial charge is 0.399 e. The van der Waals surface area contributed by atoms with Crippen LogP contribution in [0.15, 0.2) is 28.0 Å². The second-order valence-electron chi connectivity index (χ2n) is 3.17. The van der Waals surface area contributed by atoms with Gasteiger partial charge in [-0.3, -0.25) is 4.79 Å². The number of anilines is 1. The van der Waals surface area contributed by atoms with Crippen LogP contribution >= 0.6 is 0 Å². The van der Waals surface area contributed by atoms with Crippen LogP contribution in [-0.4, -0.2) is 14.3 Å². The average Bonchev–Trinajstić information content (AvgIpc) is 2.39. The Kier molecular flexibility index (Phi) is 1.84. The molecule has 1 amide bonds. The molecule has 0 fully saturated rings. The summed E-state index contributed by atoms with van der Waals surface area (Å²) in [6, 6.07) is 4.42. The van der Waals surface area contributed by atoms with Gasteiger partial charge in [0, 0.05) is 5.69 Å². The van der Waals surface area contributed by atoms with Crippen molar-refractivity contribution in [3.8, 4) is 0 Å². The number of fused-ring (bicyclic) bond motifs is 1. The third kappa shape index (κ3) is 1.30. The molecular weight excluding hydrogens is 216 g/mol. The molecule has 2 rings (SSSR count). The number of hydrogen-bond donors (Lipinski definition) is 2. The molecule has 78 valence electrons. The van der Waals surface area contributed by atoms with Crippen molar-refractivity contribution in [2.75, 3.05) is 5.73 Å². The zero-order chi connectivity index (χ0) is 11.2. The van der Waals surface area contributed by atoms with Gasteiger partial charge in [0.05, 0.1) is 4.90 Å². The van der Waals surface area contributed by atoms with E-state index in [1.807, 2.05) is 0 Å². The van der Waals surface area contributed by atoms with Crippen molar-refractivity contribution in [3.63, 3.8) is 0 Å². The van der Waals surface area contributed by atoms with E-state index in [0.717, 1.165) is 0 Å². The minimum atomic E-state index is -3.76. The summed E-state index contributed by atoms with van der Waals surface area (Å²) in [6.07, 6.45) is 1.26. The summed E-state index contributed by atoms with van der Waals surface area (Å²) < 4.78 is 23.5. The Labute approximate surface area is 86.3 Å². The van der Waals surface area contributed by atoms with Gasteiger partial charge in [0.1, 0.15) is 4.91 Å². The molecular formula is C9H8N2O3S. The van der Waals surface area contributed by atoms with E-state index in [1.165, 1.54) is 18.2 Å². The van der Waals surface area contributed by atoms with Crippen LogP contribution in [0.1, 0.15) is 5.56 Å². The molecule has 0 unspecified atom stereocenters. The zero-order valence-corrected chi connectivity index (χ0v) is 8.41. The first kappa shape index (κ1) is 9.72. The molecule has 0 radical (unpaired) electrons. The predicted octanol–water partition coefficient (Wildman–Crippen LogP) is -0.118. The molecule has 1 aliphatic rings. The lowest BCUT2D eigenvalue weighted by molar-refractivity contribution is -0.113. The highest BCUT2D eigenvalue weighted by atomic mass is 32.2. The second kappa shape index (κ2) is 2.83. The maximum atomic E-state index is 11.8. The van der Waals surface area contributed by atoms with Crippen molar-refractivity contribution in [1.29, 1.82) is 0 Å². The lowest BCUT2D eigenvalue weighted by Crippen LogP contribution is -2.18. The summed E-state index contributed by atoms with van der Waals surface area (Å²) in [5.74, 6) is -0.954. The smallest absolute Gasteiger partial charge is 0.260 e. The Balaban J connectivity index is 2.74. The van der Waals surface area contributed by atoms with E-state index in [4.69, 9.17) is 11.5 Å². The van der Waals surface area contributed by atoms with Crippen LogP contribution in [0.2, 0.25) is 0 Å². The van der Waals surface area contributed by atoms with E-state index in [-0.39, 0.29) is 9.80 Å². The minimum Gasteiger partial charge on any atom is -0.399 e. The highest BCUT2D eigenvalue weighted by Gasteiger charge is 2.32. The van der Waals surface area contributed by atoms with Crippen LogP contribution in [0, 0.1) is 0 Å². The molecule has 15 heavy (non-hydrogen) atoms. The van der Waals surface area contributed by atoms with E-state index in [0.29, 0.717) is 11.3 Å². The Morgan fingerprint density at radius 3 is 2.53 bits per heavy atom. The second-order valence-corrected chi connectivity index (χ2v) is 5.06. The van der Waals surface area contributed by atoms with E-state index < -0.39 is 15.7 Å². The summed E-state index contributed by atoms with van der Waals surface area (Å²) >= 11 is 0. The van der Waals surface area contributed by atoms with Gasteiger partial charge in [-0.1, -0.05) is 6.07 Å². The SMILES string of the molecule is NC(=O)C1=Cc2ccc(N)cc2S1(=O)=O. The lowest BCUT2D eigenvalue weighted by atomic mass is 10.2. The van der Waals surface area contributed by atoms with Gasteiger partial charge < -0.3 is 11.5 Å². The maximum absolute atomic E-state index is 11.8. The van der Waals surface area contributed by atoms with Gasteiger partial charge in [0.25, 0.3) is 5.91 Å². The van der Waals surface area contributed by atoms with Crippen LogP contribution in [0.4, 0.5) is 5.69 Å². The third-order valence-electron chi connectivity index (χ3n) is 2.15. The highest BCUT2D eigenvalue weighted by Crippen LogP contribution is 2.33. The van der Waals surface area contributed by atoms with Gasteiger partial charge in [-0.05, 0) is 23.8 Å². The van der Waals surface area contributed by atoms with Crippen molar-refractivity contribution in [2.45, 2.75) is 4.90 Å². The highest BCUT2D eigenvalue weighted by molar-refractivity contribution is 7.96. The van der Waals surface area contributed by atoms with Crippen LogP contribution in [0.25, 0.3) is 6.08 Å². The fourth-order valence-electron chi connectivity index (χ4n) is 1.44. The molecule has 1 aliphatic heterocycles. The summed E-state index contributed by atoms with van der Waals surface area (Å²) in [5.41, 5.74) is 11.2. The van der Waals surface area contributed by atoms with Gasteiger partial charge in [0.2, 0.25) is 9.84 Å². The number of carbonyl (C=O) groups excluding carboxylic acids is 1. The molecule has 0 saturated heterocycles. The summed E-state index contributed by atoms with van der Waals surface area (Å²) in [7, 11) is -3.76. The lowest BCUT2D eigenvalue weighted by Gasteiger charge is -2.00. The minimum absolute atomic E-state index is 0.0382. The first-order valence-corrected chi connectivity index (χ1v) is 5.57. The van der Waals surface area contributed by atoms with Gasteiger partial charge in [0.15, 0.2) is 0 Å². The Morgan fingerprint density at radius 2 is 1.93 bits per heavy atom. The number of nitrogen functional groups attached to an aromatic ring is 1. The predicted molar refractivity (Wildman–Crippen MR) is 55.2 cm³/mol. The topological polar surface area (TPSA) is 103 Å². The van der Waals surface area contributed by atoms with Crippen molar-refractivity contribution < 1.29 is 13.2 Å². The van der Waals surface area contributed by atoms with Crippen LogP contribution in [0.3, 0.4) is 0 Å². The monoisotopic (exact) mass is 224 g/mol. The standard InChI is InChI=1S/C9H8N2O3S/c10-6-2-1-5-3-8(9(11)12)15(13,14)7(5)4-6/h1-4H,10H2,(H2,11,12). The molecule has 4 N–H and O–H groups in total. The third-order valence-corrected chi connectivity index (χ3v) is 3.98. The van der Waals surface area contributed by atoms with E-state index in [2.05, 4.69) is 0 Å². The number of rotatable bonds is 1. The summed E-state index contributed by atoms with van der Waals surface area (Å²) in [4.78, 5) is 10.6. The van der Waals surface area contributed by atoms with E-state index in [9.17, 15) is 13.2 Å². The first-order valence-electron chi connectivity index (χ1n) is 4.09. The van der Waals surface area contributed by atoms with Gasteiger partial charge in [-0.2, -0.15) is 0 Å². The number of benzene rings is 1. The van der Waals surface area contributed by atoms with E-state index in [1.54, 1.807) is 6.07 Å². The van der Waals surface area contributed by atoms with Crippen molar-refractivity contribution in [3.05, 3.63) is 28.7 Å². The van der Waals surface area contributed by atoms with Crippen LogP contribution in [0.5, 0.6) is 0 Å². The number of amides is 1. The van der Waals surface area contributed by atoms with Crippen LogP contribution in [-0.2, 0) is 14.6 Å². The Hall–Kier alpha value is -1.82. The molecule has 1 aromatic rings. The number of carbonyl (C=O) groups is 1. The number of nitrogens with two attached hydrogens (primary N) is 2. The van der Waals surface area contributed by atoms with Crippen molar-refractivity contribution in [2.24, 2.45) is 5.73 Å². The molecule has 5 nitrogen and oxygen atoms in total. The fourth-order valence-corrected chi connectivity index (χ4v) is 2.96. The normalized spacial score (nSPS) is 16.9. The maximum Gasteiger partial charge on any atom is 0.260 e. The molecule has 1 heterocycles. The van der Waals surface area contributed by atoms with Crippen LogP contribution < -0.4 is 11.5 Å².